The second-order valence-corrected chi connectivity index (χ2v) is 7.24. The van der Waals surface area contributed by atoms with Gasteiger partial charge >= 0.3 is 0 Å². The zero-order valence-corrected chi connectivity index (χ0v) is 10.9. The first-order valence-electron chi connectivity index (χ1n) is 6.64. The fourth-order valence-corrected chi connectivity index (χ4v) is 3.68. The van der Waals surface area contributed by atoms with E-state index in [1.165, 1.54) is 12.8 Å². The highest BCUT2D eigenvalue weighted by molar-refractivity contribution is 5.83. The third kappa shape index (κ3) is 1.28. The summed E-state index contributed by atoms with van der Waals surface area (Å²) in [5, 5.41) is 0. The molecule has 0 N–H and O–H groups in total. The summed E-state index contributed by atoms with van der Waals surface area (Å²) in [6.07, 6.45) is 2.51. The van der Waals surface area contributed by atoms with Crippen LogP contribution in [0.1, 0.15) is 40.5 Å². The molecule has 16 heavy (non-hydrogen) atoms. The van der Waals surface area contributed by atoms with E-state index in [0.717, 1.165) is 24.9 Å². The number of nitrogens with zero attached hydrogens (tertiary/aromatic N) is 1. The molecular weight excluding hydrogens is 198 g/mol. The largest absolute Gasteiger partial charge is 0.342 e. The average Bonchev–Trinajstić information content (AvgIpc) is 3.05. The molecule has 2 nitrogen and oxygen atoms in total. The van der Waals surface area contributed by atoms with E-state index in [9.17, 15) is 4.79 Å². The van der Waals surface area contributed by atoms with Crippen molar-refractivity contribution in [3.05, 3.63) is 0 Å². The maximum atomic E-state index is 12.5. The van der Waals surface area contributed by atoms with Crippen molar-refractivity contribution < 1.29 is 4.79 Å². The molecular formula is C14H23NO. The predicted octanol–water partition coefficient (Wildman–Crippen LogP) is 2.54. The maximum absolute atomic E-state index is 12.5. The molecule has 3 aliphatic rings. The Labute approximate surface area is 98.4 Å². The zero-order valence-electron chi connectivity index (χ0n) is 10.9. The van der Waals surface area contributed by atoms with Crippen LogP contribution in [0, 0.1) is 28.6 Å². The second kappa shape index (κ2) is 2.83. The summed E-state index contributed by atoms with van der Waals surface area (Å²) in [6, 6.07) is 0. The Morgan fingerprint density at radius 3 is 2.12 bits per heavy atom. The van der Waals surface area contributed by atoms with Crippen molar-refractivity contribution in [3.8, 4) is 0 Å². The molecule has 0 aromatic rings. The van der Waals surface area contributed by atoms with Crippen LogP contribution in [0.2, 0.25) is 0 Å². The lowest BCUT2D eigenvalue weighted by Gasteiger charge is -2.31. The van der Waals surface area contributed by atoms with E-state index in [1.54, 1.807) is 0 Å². The average molecular weight is 221 g/mol. The Hall–Kier alpha value is -0.530. The quantitative estimate of drug-likeness (QED) is 0.701. The molecule has 0 bridgehead atoms. The first kappa shape index (κ1) is 10.6. The number of hydrogen-bond donors (Lipinski definition) is 0. The van der Waals surface area contributed by atoms with E-state index in [0.29, 0.717) is 17.2 Å². The monoisotopic (exact) mass is 221 g/mol. The van der Waals surface area contributed by atoms with Crippen molar-refractivity contribution in [1.82, 2.24) is 4.90 Å². The zero-order chi connectivity index (χ0) is 11.7. The van der Waals surface area contributed by atoms with Crippen LogP contribution in [0.4, 0.5) is 0 Å². The minimum Gasteiger partial charge on any atom is -0.342 e. The van der Waals surface area contributed by atoms with Gasteiger partial charge in [0.1, 0.15) is 0 Å². The topological polar surface area (TPSA) is 20.3 Å². The summed E-state index contributed by atoms with van der Waals surface area (Å²) < 4.78 is 0. The van der Waals surface area contributed by atoms with Crippen LogP contribution in [-0.4, -0.2) is 23.9 Å². The van der Waals surface area contributed by atoms with Crippen LogP contribution in [0.3, 0.4) is 0 Å². The lowest BCUT2D eigenvalue weighted by atomic mass is 9.85. The maximum Gasteiger partial charge on any atom is 0.228 e. The summed E-state index contributed by atoms with van der Waals surface area (Å²) >= 11 is 0. The molecule has 0 aromatic carbocycles. The number of fused-ring (bicyclic) bond motifs is 1. The van der Waals surface area contributed by atoms with Gasteiger partial charge in [-0.25, -0.2) is 0 Å². The Bertz CT molecular complexity index is 327. The number of rotatable bonds is 2. The van der Waals surface area contributed by atoms with Gasteiger partial charge in [-0.05, 0) is 36.0 Å². The molecule has 0 spiro atoms. The molecule has 1 aliphatic heterocycles. The van der Waals surface area contributed by atoms with E-state index >= 15 is 0 Å². The van der Waals surface area contributed by atoms with Gasteiger partial charge in [0.05, 0.1) is 0 Å². The summed E-state index contributed by atoms with van der Waals surface area (Å²) in [5.74, 6) is 2.64. The fourth-order valence-electron chi connectivity index (χ4n) is 3.68. The van der Waals surface area contributed by atoms with E-state index in [2.05, 4.69) is 32.6 Å². The number of hydrogen-bond acceptors (Lipinski definition) is 1. The molecule has 2 unspecified atom stereocenters. The SMILES string of the molecule is CC(C)(C(=O)N1CC2C(C1)C2(C)C)C1CC1. The van der Waals surface area contributed by atoms with Gasteiger partial charge in [0.15, 0.2) is 0 Å². The van der Waals surface area contributed by atoms with Crippen LogP contribution < -0.4 is 0 Å². The second-order valence-electron chi connectivity index (χ2n) is 7.24. The third-order valence-corrected chi connectivity index (χ3v) is 5.56. The van der Waals surface area contributed by atoms with Crippen LogP contribution >= 0.6 is 0 Å². The molecule has 1 heterocycles. The normalized spacial score (nSPS) is 36.1. The van der Waals surface area contributed by atoms with Crippen molar-refractivity contribution in [2.45, 2.75) is 40.5 Å². The highest BCUT2D eigenvalue weighted by Crippen LogP contribution is 2.62. The standard InChI is InChI=1S/C14H23NO/c1-13(2,9-5-6-9)12(16)15-7-10-11(8-15)14(10,3)4/h9-11H,5-8H2,1-4H3. The lowest BCUT2D eigenvalue weighted by Crippen LogP contribution is -2.42. The van der Waals surface area contributed by atoms with Crippen molar-refractivity contribution in [2.75, 3.05) is 13.1 Å². The fraction of sp³-hybridized carbons (Fsp3) is 0.929. The Morgan fingerprint density at radius 2 is 1.69 bits per heavy atom. The molecule has 1 amide bonds. The first-order chi connectivity index (χ1) is 7.35. The van der Waals surface area contributed by atoms with Gasteiger partial charge in [-0.3, -0.25) is 4.79 Å². The summed E-state index contributed by atoms with van der Waals surface area (Å²) in [5.41, 5.74) is 0.418. The van der Waals surface area contributed by atoms with Crippen LogP contribution in [0.15, 0.2) is 0 Å². The van der Waals surface area contributed by atoms with E-state index in [4.69, 9.17) is 0 Å². The van der Waals surface area contributed by atoms with Gasteiger partial charge in [0.25, 0.3) is 0 Å². The molecule has 3 rings (SSSR count). The van der Waals surface area contributed by atoms with Gasteiger partial charge < -0.3 is 4.90 Å². The van der Waals surface area contributed by atoms with Crippen molar-refractivity contribution in [2.24, 2.45) is 28.6 Å². The molecule has 0 aromatic heterocycles. The number of carbonyl (C=O) groups is 1. The summed E-state index contributed by atoms with van der Waals surface area (Å²) in [4.78, 5) is 14.6. The number of carbonyl (C=O) groups excluding carboxylic acids is 1. The molecule has 0 radical (unpaired) electrons. The third-order valence-electron chi connectivity index (χ3n) is 5.56. The minimum atomic E-state index is -0.0963. The summed E-state index contributed by atoms with van der Waals surface area (Å²) in [7, 11) is 0. The van der Waals surface area contributed by atoms with Crippen LogP contribution in [0.25, 0.3) is 0 Å². The minimum absolute atomic E-state index is 0.0963. The van der Waals surface area contributed by atoms with Crippen LogP contribution in [0.5, 0.6) is 0 Å². The highest BCUT2D eigenvalue weighted by Gasteiger charge is 2.63. The van der Waals surface area contributed by atoms with E-state index in [-0.39, 0.29) is 5.41 Å². The Balaban J connectivity index is 1.66. The molecule has 2 saturated carbocycles. The highest BCUT2D eigenvalue weighted by atomic mass is 16.2. The molecule has 2 atom stereocenters. The lowest BCUT2D eigenvalue weighted by molar-refractivity contribution is -0.141. The molecule has 90 valence electrons. The van der Waals surface area contributed by atoms with E-state index in [1.807, 2.05) is 0 Å². The van der Waals surface area contributed by atoms with Gasteiger partial charge in [-0.2, -0.15) is 0 Å². The number of likely N-dealkylation sites (tertiary alicyclic amines) is 1. The van der Waals surface area contributed by atoms with Crippen molar-refractivity contribution >= 4 is 5.91 Å². The molecule has 2 aliphatic carbocycles. The number of amides is 1. The van der Waals surface area contributed by atoms with Gasteiger partial charge in [-0.1, -0.05) is 27.7 Å². The smallest absolute Gasteiger partial charge is 0.228 e. The first-order valence-corrected chi connectivity index (χ1v) is 6.64. The summed E-state index contributed by atoms with van der Waals surface area (Å²) in [6.45, 7) is 11.0. The molecule has 3 fully saturated rings. The van der Waals surface area contributed by atoms with Crippen molar-refractivity contribution in [1.29, 1.82) is 0 Å². The van der Waals surface area contributed by atoms with Crippen LogP contribution in [-0.2, 0) is 4.79 Å². The van der Waals surface area contributed by atoms with Crippen molar-refractivity contribution in [3.63, 3.8) is 0 Å². The van der Waals surface area contributed by atoms with E-state index < -0.39 is 0 Å². The van der Waals surface area contributed by atoms with Gasteiger partial charge in [-0.15, -0.1) is 0 Å². The van der Waals surface area contributed by atoms with Gasteiger partial charge in [0.2, 0.25) is 5.91 Å². The molecule has 1 saturated heterocycles. The Morgan fingerprint density at radius 1 is 1.19 bits per heavy atom. The predicted molar refractivity (Wildman–Crippen MR) is 63.8 cm³/mol. The van der Waals surface area contributed by atoms with Gasteiger partial charge in [0, 0.05) is 18.5 Å². The Kier molecular flexibility index (Phi) is 1.88. The molecule has 2 heteroatoms. The number of piperidine rings is 1.